The van der Waals surface area contributed by atoms with E-state index in [0.29, 0.717) is 0 Å². The Morgan fingerprint density at radius 2 is 0.500 bits per heavy atom. The fourth-order valence-electron chi connectivity index (χ4n) is 1.45. The summed E-state index contributed by atoms with van der Waals surface area (Å²) in [6, 6.07) is 0. The van der Waals surface area contributed by atoms with Gasteiger partial charge in [-0.3, -0.25) is 0 Å². The van der Waals surface area contributed by atoms with Gasteiger partial charge in [0, 0.05) is 0 Å². The number of hydrogen-bond donors (Lipinski definition) is 2. The number of carbonyl (C=O) groups is 2. The smallest absolute Gasteiger partial charge is 0.410 e. The van der Waals surface area contributed by atoms with Crippen molar-refractivity contribution >= 4 is 11.9 Å². The van der Waals surface area contributed by atoms with Gasteiger partial charge in [-0.05, 0) is 0 Å². The minimum absolute atomic E-state index is 4.40. The second-order valence-corrected chi connectivity index (χ2v) is 5.21. The topological polar surface area (TPSA) is 74.6 Å². The highest BCUT2D eigenvalue weighted by atomic mass is 19.4. The maximum atomic E-state index is 13.2. The molecule has 4 nitrogen and oxygen atoms in total. The Bertz CT molecular complexity index is 651. The van der Waals surface area contributed by atoms with E-state index in [1.807, 2.05) is 0 Å². The highest BCUT2D eigenvalue weighted by Gasteiger charge is 2.96. The van der Waals surface area contributed by atoms with Crippen LogP contribution in [0.1, 0.15) is 0 Å². The van der Waals surface area contributed by atoms with Crippen molar-refractivity contribution in [3.05, 3.63) is 0 Å². The van der Waals surface area contributed by atoms with E-state index in [1.165, 1.54) is 0 Å². The molecule has 0 aliphatic rings. The molecular weight excluding hydrogens is 488 g/mol. The van der Waals surface area contributed by atoms with E-state index in [9.17, 15) is 79.8 Å². The summed E-state index contributed by atoms with van der Waals surface area (Å²) in [6.45, 7) is 0. The molecule has 0 aromatic carbocycles. The average molecular weight is 490 g/mol. The Balaban J connectivity index is 6.90. The lowest BCUT2D eigenvalue weighted by molar-refractivity contribution is -0.448. The van der Waals surface area contributed by atoms with Gasteiger partial charge in [0.2, 0.25) is 0 Å². The lowest BCUT2D eigenvalue weighted by atomic mass is 9.87. The van der Waals surface area contributed by atoms with Gasteiger partial charge in [-0.15, -0.1) is 0 Å². The first-order valence-corrected chi connectivity index (χ1v) is 6.13. The van der Waals surface area contributed by atoms with Crippen LogP contribution < -0.4 is 0 Å². The Morgan fingerprint density at radius 1 is 0.367 bits per heavy atom. The molecule has 0 rings (SSSR count). The molecule has 0 saturated carbocycles. The predicted octanol–water partition coefficient (Wildman–Crippen LogP) is 4.24. The first kappa shape index (κ1) is 27.8. The molecule has 20 heteroatoms. The van der Waals surface area contributed by atoms with Crippen LogP contribution in [0.15, 0.2) is 0 Å². The van der Waals surface area contributed by atoms with Crippen LogP contribution >= 0.6 is 0 Å². The van der Waals surface area contributed by atoms with E-state index in [-0.39, 0.29) is 0 Å². The highest BCUT2D eigenvalue weighted by Crippen LogP contribution is 2.63. The van der Waals surface area contributed by atoms with Crippen LogP contribution in [-0.2, 0) is 9.59 Å². The van der Waals surface area contributed by atoms with Crippen molar-refractivity contribution < 1.29 is 90.0 Å². The molecule has 0 fully saturated rings. The summed E-state index contributed by atoms with van der Waals surface area (Å²) < 4.78 is 207. The van der Waals surface area contributed by atoms with Crippen molar-refractivity contribution in [2.75, 3.05) is 0 Å². The minimum Gasteiger partial charge on any atom is -0.477 e. The minimum atomic E-state index is -8.80. The highest BCUT2D eigenvalue weighted by molar-refractivity contribution is 5.77. The van der Waals surface area contributed by atoms with Gasteiger partial charge in [0.1, 0.15) is 0 Å². The number of carboxylic acid groups (broad SMARTS) is 2. The molecule has 0 aromatic heterocycles. The van der Waals surface area contributed by atoms with Gasteiger partial charge >= 0.3 is 59.3 Å². The monoisotopic (exact) mass is 490 g/mol. The molecular formula is C10H2F16O4. The number of rotatable bonds is 9. The number of aliphatic carboxylic acids is 2. The van der Waals surface area contributed by atoms with Gasteiger partial charge in [0.15, 0.2) is 0 Å². The van der Waals surface area contributed by atoms with Gasteiger partial charge in [0.05, 0.1) is 0 Å². The normalized spacial score (nSPS) is 15.9. The third-order valence-electron chi connectivity index (χ3n) is 3.30. The van der Waals surface area contributed by atoms with Gasteiger partial charge in [0.25, 0.3) is 0 Å². The molecule has 178 valence electrons. The SMILES string of the molecule is O=C(O)C(F)(F)C(F)(F)C(F)(F)C(F)(F)C(F)(F)C(F)(F)C(F)(F)C(F)(F)C(=O)O. The molecule has 2 N–H and O–H groups in total. The molecule has 0 amide bonds. The molecule has 0 radical (unpaired) electrons. The van der Waals surface area contributed by atoms with Crippen molar-refractivity contribution in [2.45, 2.75) is 47.4 Å². The van der Waals surface area contributed by atoms with Crippen LogP contribution in [0.25, 0.3) is 0 Å². The number of alkyl halides is 16. The van der Waals surface area contributed by atoms with Gasteiger partial charge in [-0.2, -0.15) is 70.2 Å². The summed E-state index contributed by atoms with van der Waals surface area (Å²) in [5, 5.41) is 15.3. The molecule has 0 aromatic rings. The van der Waals surface area contributed by atoms with Crippen molar-refractivity contribution in [3.63, 3.8) is 0 Å². The van der Waals surface area contributed by atoms with Gasteiger partial charge in [-0.25, -0.2) is 9.59 Å². The first-order valence-electron chi connectivity index (χ1n) is 6.13. The maximum absolute atomic E-state index is 13.2. The van der Waals surface area contributed by atoms with E-state index in [0.717, 1.165) is 0 Å². The fraction of sp³-hybridized carbons (Fsp3) is 0.800. The maximum Gasteiger partial charge on any atom is 0.410 e. The van der Waals surface area contributed by atoms with Crippen molar-refractivity contribution in [1.82, 2.24) is 0 Å². The number of carboxylic acids is 2. The summed E-state index contributed by atoms with van der Waals surface area (Å²) in [5.41, 5.74) is 0. The van der Waals surface area contributed by atoms with E-state index in [2.05, 4.69) is 0 Å². The van der Waals surface area contributed by atoms with Crippen molar-refractivity contribution in [1.29, 1.82) is 0 Å². The third kappa shape index (κ3) is 3.00. The standard InChI is InChI=1S/C10H2F16O4/c11-3(12,1(27)28)5(15,16)7(19,20)9(23,24)10(25,26)8(21,22)6(17,18)4(13,14)2(29)30/h(H,27,28)(H,29,30). The summed E-state index contributed by atoms with van der Waals surface area (Å²) in [5.74, 6) is -74.9. The van der Waals surface area contributed by atoms with Crippen LogP contribution in [0.5, 0.6) is 0 Å². The second kappa shape index (κ2) is 6.66. The molecule has 0 atom stereocenters. The number of halogens is 16. The van der Waals surface area contributed by atoms with E-state index >= 15 is 0 Å². The summed E-state index contributed by atoms with van der Waals surface area (Å²) in [7, 11) is 0. The molecule has 0 aliphatic heterocycles. The predicted molar refractivity (Wildman–Crippen MR) is 54.8 cm³/mol. The van der Waals surface area contributed by atoms with Crippen LogP contribution in [-0.4, -0.2) is 69.5 Å². The van der Waals surface area contributed by atoms with Crippen LogP contribution in [0.3, 0.4) is 0 Å². The van der Waals surface area contributed by atoms with Crippen LogP contribution in [0.2, 0.25) is 0 Å². The Labute approximate surface area is 151 Å². The quantitative estimate of drug-likeness (QED) is 0.475. The Morgan fingerprint density at radius 3 is 0.633 bits per heavy atom. The summed E-state index contributed by atoms with van der Waals surface area (Å²) in [6.07, 6.45) is 0. The molecule has 0 saturated heterocycles. The largest absolute Gasteiger partial charge is 0.477 e. The molecule has 30 heavy (non-hydrogen) atoms. The molecule has 0 heterocycles. The van der Waals surface area contributed by atoms with E-state index in [1.54, 1.807) is 0 Å². The van der Waals surface area contributed by atoms with E-state index in [4.69, 9.17) is 10.2 Å². The average Bonchev–Trinajstić information content (AvgIpc) is 2.52. The summed E-state index contributed by atoms with van der Waals surface area (Å²) >= 11 is 0. The summed E-state index contributed by atoms with van der Waals surface area (Å²) in [4.78, 5) is 19.7. The fourth-order valence-corrected chi connectivity index (χ4v) is 1.45. The molecule has 0 bridgehead atoms. The van der Waals surface area contributed by atoms with Crippen LogP contribution in [0.4, 0.5) is 70.2 Å². The Kier molecular flexibility index (Phi) is 6.17. The molecule has 0 spiro atoms. The third-order valence-corrected chi connectivity index (χ3v) is 3.30. The number of hydrogen-bond acceptors (Lipinski definition) is 2. The molecule has 0 unspecified atom stereocenters. The zero-order chi connectivity index (χ0) is 25.2. The van der Waals surface area contributed by atoms with Crippen molar-refractivity contribution in [2.24, 2.45) is 0 Å². The molecule has 0 aliphatic carbocycles. The van der Waals surface area contributed by atoms with E-state index < -0.39 is 59.3 Å². The van der Waals surface area contributed by atoms with Gasteiger partial charge < -0.3 is 10.2 Å². The first-order chi connectivity index (χ1) is 12.6. The van der Waals surface area contributed by atoms with Crippen LogP contribution in [0, 0.1) is 0 Å². The zero-order valence-corrected chi connectivity index (χ0v) is 12.8. The lowest BCUT2D eigenvalue weighted by Crippen LogP contribution is -2.75. The zero-order valence-electron chi connectivity index (χ0n) is 12.8. The van der Waals surface area contributed by atoms with Crippen molar-refractivity contribution in [3.8, 4) is 0 Å². The lowest BCUT2D eigenvalue weighted by Gasteiger charge is -2.42. The van der Waals surface area contributed by atoms with Gasteiger partial charge in [-0.1, -0.05) is 0 Å². The Hall–Kier alpha value is -2.18. The second-order valence-electron chi connectivity index (χ2n) is 5.21.